The maximum absolute atomic E-state index is 11.2. The molecule has 2 aromatic rings. The van der Waals surface area contributed by atoms with Crippen LogP contribution in [0.15, 0.2) is 58.5 Å². The van der Waals surface area contributed by atoms with Gasteiger partial charge in [-0.25, -0.2) is 13.6 Å². The van der Waals surface area contributed by atoms with Crippen molar-refractivity contribution >= 4 is 21.4 Å². The van der Waals surface area contributed by atoms with E-state index in [4.69, 9.17) is 5.14 Å². The van der Waals surface area contributed by atoms with Crippen molar-refractivity contribution in [3.63, 3.8) is 0 Å². The van der Waals surface area contributed by atoms with Crippen LogP contribution >= 0.6 is 0 Å². The van der Waals surface area contributed by atoms with E-state index >= 15 is 0 Å². The summed E-state index contributed by atoms with van der Waals surface area (Å²) in [6, 6.07) is 14.2. The number of benzene rings is 2. The zero-order chi connectivity index (χ0) is 15.5. The quantitative estimate of drug-likeness (QED) is 0.672. The van der Waals surface area contributed by atoms with E-state index in [1.807, 2.05) is 38.1 Å². The third kappa shape index (κ3) is 4.14. The number of sulfonamides is 1. The predicted octanol–water partition coefficient (Wildman–Crippen LogP) is 2.48. The maximum atomic E-state index is 11.2. The molecule has 0 saturated heterocycles. The molecule has 0 aliphatic carbocycles. The highest BCUT2D eigenvalue weighted by Gasteiger charge is 2.06. The Kier molecular flexibility index (Phi) is 4.40. The molecule has 0 aliphatic rings. The standard InChI is InChI=1S/C15H17N3O2S/c1-11-3-5-13(6-4-11)12(2)17-18-14-7-9-15(10-8-14)21(16,19)20/h3-10,18H,1-2H3,(H2,16,19,20). The summed E-state index contributed by atoms with van der Waals surface area (Å²) < 4.78 is 22.3. The first kappa shape index (κ1) is 15.2. The van der Waals surface area contributed by atoms with Crippen molar-refractivity contribution in [2.45, 2.75) is 18.7 Å². The first-order valence-corrected chi connectivity index (χ1v) is 7.91. The third-order valence-corrected chi connectivity index (χ3v) is 3.93. The van der Waals surface area contributed by atoms with Gasteiger partial charge in [-0.2, -0.15) is 5.10 Å². The van der Waals surface area contributed by atoms with Crippen LogP contribution in [-0.4, -0.2) is 14.1 Å². The SMILES string of the molecule is CC(=NNc1ccc(S(N)(=O)=O)cc1)c1ccc(C)cc1. The molecule has 110 valence electrons. The van der Waals surface area contributed by atoms with E-state index in [2.05, 4.69) is 10.5 Å². The molecule has 0 atom stereocenters. The van der Waals surface area contributed by atoms with Gasteiger partial charge in [0.25, 0.3) is 0 Å². The van der Waals surface area contributed by atoms with E-state index in [0.717, 1.165) is 11.3 Å². The van der Waals surface area contributed by atoms with Crippen molar-refractivity contribution in [1.82, 2.24) is 0 Å². The minimum absolute atomic E-state index is 0.0762. The Morgan fingerprint density at radius 3 is 2.14 bits per heavy atom. The van der Waals surface area contributed by atoms with E-state index in [1.54, 1.807) is 12.1 Å². The summed E-state index contributed by atoms with van der Waals surface area (Å²) in [5, 5.41) is 9.31. The fourth-order valence-electron chi connectivity index (χ4n) is 1.73. The zero-order valence-electron chi connectivity index (χ0n) is 11.9. The predicted molar refractivity (Wildman–Crippen MR) is 84.8 cm³/mol. The largest absolute Gasteiger partial charge is 0.278 e. The fourth-order valence-corrected chi connectivity index (χ4v) is 2.24. The molecule has 3 N–H and O–H groups in total. The number of primary sulfonamides is 1. The second-order valence-corrected chi connectivity index (χ2v) is 6.31. The zero-order valence-corrected chi connectivity index (χ0v) is 12.7. The van der Waals surface area contributed by atoms with Gasteiger partial charge < -0.3 is 0 Å². The summed E-state index contributed by atoms with van der Waals surface area (Å²) >= 11 is 0. The van der Waals surface area contributed by atoms with Gasteiger partial charge in [-0.05, 0) is 43.7 Å². The van der Waals surface area contributed by atoms with Crippen molar-refractivity contribution in [3.05, 3.63) is 59.7 Å². The molecule has 0 radical (unpaired) electrons. The average Bonchev–Trinajstić information content (AvgIpc) is 2.45. The summed E-state index contributed by atoms with van der Waals surface area (Å²) in [6.07, 6.45) is 0. The topological polar surface area (TPSA) is 84.5 Å². The molecule has 0 amide bonds. The van der Waals surface area contributed by atoms with Crippen molar-refractivity contribution in [1.29, 1.82) is 0 Å². The molecule has 0 aliphatic heterocycles. The fraction of sp³-hybridized carbons (Fsp3) is 0.133. The van der Waals surface area contributed by atoms with Crippen LogP contribution in [0.1, 0.15) is 18.1 Å². The van der Waals surface area contributed by atoms with Crippen LogP contribution in [0.4, 0.5) is 5.69 Å². The van der Waals surface area contributed by atoms with Gasteiger partial charge >= 0.3 is 0 Å². The first-order chi connectivity index (χ1) is 9.86. The number of nitrogens with two attached hydrogens (primary N) is 1. The van der Waals surface area contributed by atoms with Gasteiger partial charge in [-0.1, -0.05) is 29.8 Å². The summed E-state index contributed by atoms with van der Waals surface area (Å²) in [5.74, 6) is 0. The Hall–Kier alpha value is -2.18. The van der Waals surface area contributed by atoms with Gasteiger partial charge in [0.15, 0.2) is 0 Å². The van der Waals surface area contributed by atoms with E-state index in [-0.39, 0.29) is 4.90 Å². The van der Waals surface area contributed by atoms with Crippen LogP contribution in [0.25, 0.3) is 0 Å². The molecule has 0 unspecified atom stereocenters. The summed E-state index contributed by atoms with van der Waals surface area (Å²) in [5.41, 5.74) is 6.63. The van der Waals surface area contributed by atoms with E-state index in [0.29, 0.717) is 5.69 Å². The number of hydrogen-bond donors (Lipinski definition) is 2. The number of anilines is 1. The minimum atomic E-state index is -3.66. The molecule has 21 heavy (non-hydrogen) atoms. The van der Waals surface area contributed by atoms with Crippen molar-refractivity contribution in [2.24, 2.45) is 10.2 Å². The molecule has 0 bridgehead atoms. The van der Waals surface area contributed by atoms with Crippen molar-refractivity contribution < 1.29 is 8.42 Å². The number of nitrogens with zero attached hydrogens (tertiary/aromatic N) is 1. The van der Waals surface area contributed by atoms with E-state index in [1.165, 1.54) is 17.7 Å². The van der Waals surface area contributed by atoms with Gasteiger partial charge in [-0.15, -0.1) is 0 Å². The molecule has 6 heteroatoms. The van der Waals surface area contributed by atoms with Crippen molar-refractivity contribution in [2.75, 3.05) is 5.43 Å². The Bertz CT molecular complexity index is 749. The minimum Gasteiger partial charge on any atom is -0.278 e. The second kappa shape index (κ2) is 6.07. The molecular weight excluding hydrogens is 286 g/mol. The molecule has 0 spiro atoms. The normalized spacial score (nSPS) is 12.2. The van der Waals surface area contributed by atoms with Gasteiger partial charge in [0, 0.05) is 0 Å². The summed E-state index contributed by atoms with van der Waals surface area (Å²) in [4.78, 5) is 0.0762. The Labute approximate surface area is 124 Å². The molecular formula is C15H17N3O2S. The average molecular weight is 303 g/mol. The summed E-state index contributed by atoms with van der Waals surface area (Å²) in [7, 11) is -3.66. The first-order valence-electron chi connectivity index (χ1n) is 6.36. The Morgan fingerprint density at radius 2 is 1.62 bits per heavy atom. The van der Waals surface area contributed by atoms with Crippen LogP contribution < -0.4 is 10.6 Å². The van der Waals surface area contributed by atoms with Crippen molar-refractivity contribution in [3.8, 4) is 0 Å². The highest BCUT2D eigenvalue weighted by molar-refractivity contribution is 7.89. The van der Waals surface area contributed by atoms with Crippen LogP contribution in [0.5, 0.6) is 0 Å². The number of rotatable bonds is 4. The molecule has 2 rings (SSSR count). The molecule has 0 saturated carbocycles. The van der Waals surface area contributed by atoms with Crippen LogP contribution in [0, 0.1) is 6.92 Å². The Morgan fingerprint density at radius 1 is 1.05 bits per heavy atom. The lowest BCUT2D eigenvalue weighted by Crippen LogP contribution is -2.11. The van der Waals surface area contributed by atoms with Gasteiger partial charge in [-0.3, -0.25) is 5.43 Å². The van der Waals surface area contributed by atoms with Crippen LogP contribution in [-0.2, 0) is 10.0 Å². The molecule has 2 aromatic carbocycles. The molecule has 0 fully saturated rings. The number of nitrogens with one attached hydrogen (secondary N) is 1. The monoisotopic (exact) mass is 303 g/mol. The van der Waals surface area contributed by atoms with Gasteiger partial charge in [0.1, 0.15) is 0 Å². The number of aryl methyl sites for hydroxylation is 1. The number of hydrogen-bond acceptors (Lipinski definition) is 4. The van der Waals surface area contributed by atoms with Crippen LogP contribution in [0.2, 0.25) is 0 Å². The van der Waals surface area contributed by atoms with Crippen LogP contribution in [0.3, 0.4) is 0 Å². The lowest BCUT2D eigenvalue weighted by molar-refractivity contribution is 0.598. The maximum Gasteiger partial charge on any atom is 0.238 e. The number of hydrazone groups is 1. The highest BCUT2D eigenvalue weighted by atomic mass is 32.2. The summed E-state index contributed by atoms with van der Waals surface area (Å²) in [6.45, 7) is 3.93. The Balaban J connectivity index is 2.11. The third-order valence-electron chi connectivity index (χ3n) is 3.00. The lowest BCUT2D eigenvalue weighted by Gasteiger charge is -2.05. The molecule has 0 aromatic heterocycles. The van der Waals surface area contributed by atoms with E-state index < -0.39 is 10.0 Å². The smallest absolute Gasteiger partial charge is 0.238 e. The van der Waals surface area contributed by atoms with Gasteiger partial charge in [0.2, 0.25) is 10.0 Å². The second-order valence-electron chi connectivity index (χ2n) is 4.74. The molecule has 5 nitrogen and oxygen atoms in total. The lowest BCUT2D eigenvalue weighted by atomic mass is 10.1. The highest BCUT2D eigenvalue weighted by Crippen LogP contribution is 2.13. The van der Waals surface area contributed by atoms with E-state index in [9.17, 15) is 8.42 Å². The molecule has 0 heterocycles. The van der Waals surface area contributed by atoms with Gasteiger partial charge in [0.05, 0.1) is 16.3 Å².